The van der Waals surface area contributed by atoms with Gasteiger partial charge in [-0.3, -0.25) is 0 Å². The van der Waals surface area contributed by atoms with Crippen LogP contribution in [0.2, 0.25) is 0 Å². The van der Waals surface area contributed by atoms with Gasteiger partial charge in [0.1, 0.15) is 5.75 Å². The third-order valence-electron chi connectivity index (χ3n) is 2.51. The van der Waals surface area contributed by atoms with Crippen molar-refractivity contribution in [2.75, 3.05) is 32.3 Å². The Labute approximate surface area is 104 Å². The van der Waals surface area contributed by atoms with Gasteiger partial charge in [0.05, 0.1) is 30.8 Å². The highest BCUT2D eigenvalue weighted by molar-refractivity contribution is 9.10. The zero-order valence-corrected chi connectivity index (χ0v) is 10.9. The second-order valence-electron chi connectivity index (χ2n) is 3.45. The van der Waals surface area contributed by atoms with Crippen LogP contribution in [0.1, 0.15) is 0 Å². The number of hydrogen-bond acceptors (Lipinski definition) is 4. The predicted octanol–water partition coefficient (Wildman–Crippen LogP) is 1.25. The highest BCUT2D eigenvalue weighted by Crippen LogP contribution is 2.29. The second kappa shape index (κ2) is 6.08. The number of methoxy groups -OCH3 is 1. The first-order chi connectivity index (χ1) is 7.63. The van der Waals surface area contributed by atoms with Crippen LogP contribution in [0.15, 0.2) is 22.7 Å². The maximum Gasteiger partial charge on any atom is 0.133 e. The van der Waals surface area contributed by atoms with Crippen molar-refractivity contribution in [3.8, 4) is 5.75 Å². The molecule has 0 fully saturated rings. The minimum atomic E-state index is -0.291. The summed E-state index contributed by atoms with van der Waals surface area (Å²) in [5, 5.41) is 18.2. The minimum absolute atomic E-state index is 0.0867. The lowest BCUT2D eigenvalue weighted by Crippen LogP contribution is -2.37. The fourth-order valence-electron chi connectivity index (χ4n) is 1.39. The first-order valence-electron chi connectivity index (χ1n) is 4.92. The van der Waals surface area contributed by atoms with Crippen molar-refractivity contribution in [1.29, 1.82) is 0 Å². The zero-order chi connectivity index (χ0) is 12.1. The molecule has 1 aromatic carbocycles. The van der Waals surface area contributed by atoms with Crippen molar-refractivity contribution in [3.05, 3.63) is 22.7 Å². The Morgan fingerprint density at radius 3 is 2.44 bits per heavy atom. The Hall–Kier alpha value is -0.780. The van der Waals surface area contributed by atoms with Crippen LogP contribution in [0, 0.1) is 0 Å². The van der Waals surface area contributed by atoms with Gasteiger partial charge in [0, 0.05) is 12.7 Å². The molecule has 1 aromatic rings. The van der Waals surface area contributed by atoms with Gasteiger partial charge in [-0.05, 0) is 34.1 Å². The summed E-state index contributed by atoms with van der Waals surface area (Å²) >= 11 is 3.39. The van der Waals surface area contributed by atoms with E-state index in [1.807, 2.05) is 30.1 Å². The fourth-order valence-corrected chi connectivity index (χ4v) is 1.92. The average Bonchev–Trinajstić information content (AvgIpc) is 2.30. The van der Waals surface area contributed by atoms with Crippen molar-refractivity contribution in [3.63, 3.8) is 0 Å². The Kier molecular flexibility index (Phi) is 5.05. The lowest BCUT2D eigenvalue weighted by atomic mass is 10.2. The molecule has 0 aliphatic rings. The molecule has 0 radical (unpaired) electrons. The van der Waals surface area contributed by atoms with Crippen molar-refractivity contribution < 1.29 is 14.9 Å². The van der Waals surface area contributed by atoms with Crippen LogP contribution in [0.3, 0.4) is 0 Å². The number of aliphatic hydroxyl groups excluding tert-OH is 2. The first kappa shape index (κ1) is 13.3. The molecule has 0 heterocycles. The fraction of sp³-hybridized carbons (Fsp3) is 0.455. The van der Waals surface area contributed by atoms with E-state index >= 15 is 0 Å². The Morgan fingerprint density at radius 2 is 2.00 bits per heavy atom. The van der Waals surface area contributed by atoms with Crippen LogP contribution < -0.4 is 9.64 Å². The third kappa shape index (κ3) is 2.87. The van der Waals surface area contributed by atoms with Crippen molar-refractivity contribution in [2.45, 2.75) is 6.04 Å². The lowest BCUT2D eigenvalue weighted by Gasteiger charge is -2.27. The molecule has 0 spiro atoms. The number of hydrogen-bond donors (Lipinski definition) is 2. The molecule has 0 saturated carbocycles. The molecule has 0 amide bonds. The van der Waals surface area contributed by atoms with Crippen molar-refractivity contribution in [1.82, 2.24) is 0 Å². The molecular formula is C11H16BrNO3. The van der Waals surface area contributed by atoms with E-state index in [-0.39, 0.29) is 19.3 Å². The molecule has 0 aliphatic carbocycles. The second-order valence-corrected chi connectivity index (χ2v) is 4.30. The summed E-state index contributed by atoms with van der Waals surface area (Å²) in [6.07, 6.45) is 0. The van der Waals surface area contributed by atoms with E-state index in [0.717, 1.165) is 15.9 Å². The summed E-state index contributed by atoms with van der Waals surface area (Å²) in [7, 11) is 3.43. The Bertz CT molecular complexity index is 342. The van der Waals surface area contributed by atoms with Gasteiger partial charge in [-0.25, -0.2) is 0 Å². The molecule has 90 valence electrons. The van der Waals surface area contributed by atoms with Crippen LogP contribution in [0.25, 0.3) is 0 Å². The van der Waals surface area contributed by atoms with E-state index in [4.69, 9.17) is 14.9 Å². The lowest BCUT2D eigenvalue weighted by molar-refractivity contribution is 0.191. The summed E-state index contributed by atoms with van der Waals surface area (Å²) in [6, 6.07) is 5.31. The van der Waals surface area contributed by atoms with Gasteiger partial charge >= 0.3 is 0 Å². The number of benzene rings is 1. The van der Waals surface area contributed by atoms with Gasteiger partial charge in [-0.15, -0.1) is 0 Å². The summed E-state index contributed by atoms with van der Waals surface area (Å²) in [6.45, 7) is -0.173. The molecule has 0 atom stereocenters. The summed E-state index contributed by atoms with van der Waals surface area (Å²) in [5.74, 6) is 0.752. The van der Waals surface area contributed by atoms with E-state index in [2.05, 4.69) is 15.9 Å². The first-order valence-corrected chi connectivity index (χ1v) is 5.71. The van der Waals surface area contributed by atoms with Gasteiger partial charge in [0.2, 0.25) is 0 Å². The number of rotatable bonds is 5. The molecule has 16 heavy (non-hydrogen) atoms. The van der Waals surface area contributed by atoms with Crippen LogP contribution in [0.5, 0.6) is 5.75 Å². The number of likely N-dealkylation sites (N-methyl/N-ethyl adjacent to an activating group) is 1. The van der Waals surface area contributed by atoms with Gasteiger partial charge in [-0.1, -0.05) is 0 Å². The Balaban J connectivity index is 2.91. The van der Waals surface area contributed by atoms with Crippen LogP contribution >= 0.6 is 15.9 Å². The molecule has 4 nitrogen and oxygen atoms in total. The number of anilines is 1. The Morgan fingerprint density at radius 1 is 1.38 bits per heavy atom. The van der Waals surface area contributed by atoms with E-state index in [1.54, 1.807) is 7.11 Å². The maximum atomic E-state index is 9.09. The molecule has 0 aliphatic heterocycles. The average molecular weight is 290 g/mol. The molecular weight excluding hydrogens is 274 g/mol. The van der Waals surface area contributed by atoms with E-state index in [9.17, 15) is 0 Å². The predicted molar refractivity (Wildman–Crippen MR) is 67.1 cm³/mol. The highest BCUT2D eigenvalue weighted by atomic mass is 79.9. The van der Waals surface area contributed by atoms with Gasteiger partial charge in [0.15, 0.2) is 0 Å². The standard InChI is InChI=1S/C11H16BrNO3/c1-13(9(6-14)7-15)8-3-4-11(16-2)10(12)5-8/h3-5,9,14-15H,6-7H2,1-2H3. The van der Waals surface area contributed by atoms with E-state index < -0.39 is 0 Å². The topological polar surface area (TPSA) is 52.9 Å². The van der Waals surface area contributed by atoms with Crippen LogP contribution in [0.4, 0.5) is 5.69 Å². The SMILES string of the molecule is COc1ccc(N(C)C(CO)CO)cc1Br. The molecule has 1 rings (SSSR count). The molecule has 0 aromatic heterocycles. The number of halogens is 1. The highest BCUT2D eigenvalue weighted by Gasteiger charge is 2.14. The van der Waals surface area contributed by atoms with E-state index in [0.29, 0.717) is 0 Å². The third-order valence-corrected chi connectivity index (χ3v) is 3.13. The maximum absolute atomic E-state index is 9.09. The van der Waals surface area contributed by atoms with E-state index in [1.165, 1.54) is 0 Å². The molecule has 0 saturated heterocycles. The quantitative estimate of drug-likeness (QED) is 0.857. The van der Waals surface area contributed by atoms with Gasteiger partial charge < -0.3 is 19.8 Å². The van der Waals surface area contributed by atoms with Gasteiger partial charge in [0.25, 0.3) is 0 Å². The minimum Gasteiger partial charge on any atom is -0.496 e. The number of ether oxygens (including phenoxy) is 1. The molecule has 5 heteroatoms. The zero-order valence-electron chi connectivity index (χ0n) is 9.35. The van der Waals surface area contributed by atoms with Crippen LogP contribution in [-0.4, -0.2) is 43.6 Å². The summed E-state index contributed by atoms with van der Waals surface area (Å²) < 4.78 is 5.97. The monoisotopic (exact) mass is 289 g/mol. The van der Waals surface area contributed by atoms with Crippen molar-refractivity contribution in [2.24, 2.45) is 0 Å². The number of aliphatic hydroxyl groups is 2. The number of nitrogens with zero attached hydrogens (tertiary/aromatic N) is 1. The summed E-state index contributed by atoms with van der Waals surface area (Å²) in [5.41, 5.74) is 0.903. The van der Waals surface area contributed by atoms with Crippen LogP contribution in [-0.2, 0) is 0 Å². The normalized spacial score (nSPS) is 10.6. The molecule has 0 bridgehead atoms. The van der Waals surface area contributed by atoms with Crippen molar-refractivity contribution >= 4 is 21.6 Å². The summed E-state index contributed by atoms with van der Waals surface area (Å²) in [4.78, 5) is 1.82. The molecule has 0 unspecified atom stereocenters. The largest absolute Gasteiger partial charge is 0.496 e. The smallest absolute Gasteiger partial charge is 0.133 e. The molecule has 2 N–H and O–H groups in total. The van der Waals surface area contributed by atoms with Gasteiger partial charge in [-0.2, -0.15) is 0 Å².